The van der Waals surface area contributed by atoms with Crippen molar-refractivity contribution in [1.29, 1.82) is 0 Å². The third kappa shape index (κ3) is 3.20. The third-order valence-corrected chi connectivity index (χ3v) is 2.75. The Bertz CT molecular complexity index is 597. The van der Waals surface area contributed by atoms with Crippen molar-refractivity contribution in [3.8, 4) is 5.75 Å². The molecule has 0 radical (unpaired) electrons. The second kappa shape index (κ2) is 6.15. The number of pyridine rings is 1. The van der Waals surface area contributed by atoms with Crippen LogP contribution in [0.15, 0.2) is 24.4 Å². The first kappa shape index (κ1) is 14.9. The van der Waals surface area contributed by atoms with Crippen LogP contribution < -0.4 is 5.32 Å². The van der Waals surface area contributed by atoms with Crippen molar-refractivity contribution < 1.29 is 15.4 Å². The molecule has 0 fully saturated rings. The number of nitrogens with one attached hydrogen (secondary N) is 1. The smallest absolute Gasteiger partial charge is 0.224 e. The standard InChI is InChI=1S/C14H16N2O2.H2O/c1-3-4-13(17)16-12-8-15-11-6-5-9(2)7-10(11)14(12)18;/h5-8H,3-4H2,1-2H3,(H,15,18)(H,16,17);1H2. The van der Waals surface area contributed by atoms with Crippen LogP contribution in [0.25, 0.3) is 10.9 Å². The number of amides is 1. The molecule has 4 N–H and O–H groups in total. The predicted molar refractivity (Wildman–Crippen MR) is 75.3 cm³/mol. The zero-order valence-electron chi connectivity index (χ0n) is 11.0. The van der Waals surface area contributed by atoms with Crippen molar-refractivity contribution in [3.05, 3.63) is 30.0 Å². The summed E-state index contributed by atoms with van der Waals surface area (Å²) in [6.07, 6.45) is 2.69. The van der Waals surface area contributed by atoms with E-state index in [0.717, 1.165) is 12.0 Å². The molecule has 5 nitrogen and oxygen atoms in total. The lowest BCUT2D eigenvalue weighted by Gasteiger charge is -2.09. The maximum absolute atomic E-state index is 11.5. The molecule has 0 bridgehead atoms. The molecule has 1 amide bonds. The van der Waals surface area contributed by atoms with E-state index in [-0.39, 0.29) is 17.1 Å². The Hall–Kier alpha value is -2.14. The molecule has 0 aliphatic heterocycles. The molecule has 1 heterocycles. The van der Waals surface area contributed by atoms with Gasteiger partial charge in [-0.1, -0.05) is 18.6 Å². The lowest BCUT2D eigenvalue weighted by atomic mass is 10.1. The number of hydrogen-bond donors (Lipinski definition) is 2. The lowest BCUT2D eigenvalue weighted by Crippen LogP contribution is -2.11. The number of aromatic nitrogens is 1. The molecular formula is C14H18N2O3. The van der Waals surface area contributed by atoms with Gasteiger partial charge in [-0.3, -0.25) is 9.78 Å². The molecule has 0 aliphatic rings. The van der Waals surface area contributed by atoms with Crippen molar-refractivity contribution in [1.82, 2.24) is 4.98 Å². The van der Waals surface area contributed by atoms with Gasteiger partial charge in [0, 0.05) is 11.8 Å². The molecule has 0 spiro atoms. The normalized spacial score (nSPS) is 10.0. The largest absolute Gasteiger partial charge is 0.505 e. The minimum Gasteiger partial charge on any atom is -0.505 e. The topological polar surface area (TPSA) is 93.7 Å². The van der Waals surface area contributed by atoms with Gasteiger partial charge in [0.2, 0.25) is 5.91 Å². The molecule has 0 atom stereocenters. The first-order chi connectivity index (χ1) is 8.61. The van der Waals surface area contributed by atoms with Crippen LogP contribution in [-0.2, 0) is 4.79 Å². The molecule has 0 saturated heterocycles. The number of nitrogens with zero attached hydrogens (tertiary/aromatic N) is 1. The van der Waals surface area contributed by atoms with Crippen molar-refractivity contribution in [2.24, 2.45) is 0 Å². The first-order valence-electron chi connectivity index (χ1n) is 6.00. The Morgan fingerprint density at radius 3 is 2.84 bits per heavy atom. The van der Waals surface area contributed by atoms with Gasteiger partial charge in [0.25, 0.3) is 0 Å². The zero-order chi connectivity index (χ0) is 13.1. The Morgan fingerprint density at radius 1 is 1.42 bits per heavy atom. The van der Waals surface area contributed by atoms with Gasteiger partial charge in [-0.25, -0.2) is 0 Å². The van der Waals surface area contributed by atoms with Crippen LogP contribution in [0.2, 0.25) is 0 Å². The Balaban J connectivity index is 0.00000180. The molecule has 102 valence electrons. The van der Waals surface area contributed by atoms with Gasteiger partial charge >= 0.3 is 0 Å². The average Bonchev–Trinajstić information content (AvgIpc) is 2.34. The van der Waals surface area contributed by atoms with Crippen LogP contribution in [0, 0.1) is 6.92 Å². The highest BCUT2D eigenvalue weighted by Crippen LogP contribution is 2.31. The minimum absolute atomic E-state index is 0. The number of carbonyl (C=O) groups is 1. The van der Waals surface area contributed by atoms with Crippen molar-refractivity contribution in [3.63, 3.8) is 0 Å². The summed E-state index contributed by atoms with van der Waals surface area (Å²) in [5.74, 6) is -0.0326. The molecule has 0 saturated carbocycles. The van der Waals surface area contributed by atoms with E-state index in [2.05, 4.69) is 10.3 Å². The highest BCUT2D eigenvalue weighted by atomic mass is 16.3. The third-order valence-electron chi connectivity index (χ3n) is 2.75. The fourth-order valence-electron chi connectivity index (χ4n) is 1.82. The highest BCUT2D eigenvalue weighted by Gasteiger charge is 2.10. The van der Waals surface area contributed by atoms with Gasteiger partial charge in [0.05, 0.1) is 11.7 Å². The summed E-state index contributed by atoms with van der Waals surface area (Å²) in [5.41, 5.74) is 2.12. The van der Waals surface area contributed by atoms with Gasteiger partial charge in [0.1, 0.15) is 11.4 Å². The summed E-state index contributed by atoms with van der Waals surface area (Å²) in [6, 6.07) is 5.64. The molecule has 2 aromatic rings. The van der Waals surface area contributed by atoms with Gasteiger partial charge < -0.3 is 15.9 Å². The zero-order valence-corrected chi connectivity index (χ0v) is 11.0. The SMILES string of the molecule is CCCC(=O)Nc1cnc2ccc(C)cc2c1O.O. The number of hydrogen-bond acceptors (Lipinski definition) is 3. The summed E-state index contributed by atoms with van der Waals surface area (Å²) in [6.45, 7) is 3.88. The van der Waals surface area contributed by atoms with E-state index in [9.17, 15) is 9.90 Å². The van der Waals surface area contributed by atoms with E-state index in [1.807, 2.05) is 32.0 Å². The van der Waals surface area contributed by atoms with Crippen LogP contribution >= 0.6 is 0 Å². The average molecular weight is 262 g/mol. The summed E-state index contributed by atoms with van der Waals surface area (Å²) < 4.78 is 0. The molecule has 2 rings (SSSR count). The fourth-order valence-corrected chi connectivity index (χ4v) is 1.82. The summed E-state index contributed by atoms with van der Waals surface area (Å²) >= 11 is 0. The summed E-state index contributed by atoms with van der Waals surface area (Å²) in [7, 11) is 0. The van der Waals surface area contributed by atoms with E-state index in [1.165, 1.54) is 6.20 Å². The van der Waals surface area contributed by atoms with E-state index < -0.39 is 0 Å². The first-order valence-corrected chi connectivity index (χ1v) is 6.00. The van der Waals surface area contributed by atoms with Crippen LogP contribution in [0.4, 0.5) is 5.69 Å². The highest BCUT2D eigenvalue weighted by molar-refractivity contribution is 5.97. The second-order valence-electron chi connectivity index (χ2n) is 4.34. The number of benzene rings is 1. The monoisotopic (exact) mass is 262 g/mol. The molecule has 0 aliphatic carbocycles. The number of rotatable bonds is 3. The van der Waals surface area contributed by atoms with Gasteiger partial charge in [-0.05, 0) is 25.5 Å². The quantitative estimate of drug-likeness (QED) is 0.887. The Labute approximate surface area is 111 Å². The van der Waals surface area contributed by atoms with Gasteiger partial charge in [-0.2, -0.15) is 0 Å². The number of aromatic hydroxyl groups is 1. The Morgan fingerprint density at radius 2 is 2.16 bits per heavy atom. The minimum atomic E-state index is -0.110. The Kier molecular flexibility index (Phi) is 4.83. The van der Waals surface area contributed by atoms with Crippen molar-refractivity contribution in [2.75, 3.05) is 5.32 Å². The lowest BCUT2D eigenvalue weighted by molar-refractivity contribution is -0.116. The fraction of sp³-hybridized carbons (Fsp3) is 0.286. The molecule has 0 unspecified atom stereocenters. The number of carbonyl (C=O) groups excluding carboxylic acids is 1. The molecule has 1 aromatic heterocycles. The molecule has 5 heteroatoms. The van der Waals surface area contributed by atoms with Crippen molar-refractivity contribution >= 4 is 22.5 Å². The van der Waals surface area contributed by atoms with E-state index in [4.69, 9.17) is 0 Å². The predicted octanol–water partition coefficient (Wildman–Crippen LogP) is 2.16. The van der Waals surface area contributed by atoms with Crippen molar-refractivity contribution in [2.45, 2.75) is 26.7 Å². The van der Waals surface area contributed by atoms with Crippen LogP contribution in [0.5, 0.6) is 5.75 Å². The number of fused-ring (bicyclic) bond motifs is 1. The van der Waals surface area contributed by atoms with Gasteiger partial charge in [-0.15, -0.1) is 0 Å². The maximum Gasteiger partial charge on any atom is 0.224 e. The van der Waals surface area contributed by atoms with E-state index >= 15 is 0 Å². The molecule has 1 aromatic carbocycles. The molecule has 19 heavy (non-hydrogen) atoms. The summed E-state index contributed by atoms with van der Waals surface area (Å²) in [4.78, 5) is 15.7. The number of anilines is 1. The van der Waals surface area contributed by atoms with E-state index in [0.29, 0.717) is 23.0 Å². The summed E-state index contributed by atoms with van der Waals surface area (Å²) in [5, 5.41) is 13.5. The van der Waals surface area contributed by atoms with E-state index in [1.54, 1.807) is 0 Å². The maximum atomic E-state index is 11.5. The number of aryl methyl sites for hydroxylation is 1. The second-order valence-corrected chi connectivity index (χ2v) is 4.34. The van der Waals surface area contributed by atoms with Crippen LogP contribution in [-0.4, -0.2) is 21.5 Å². The molecular weight excluding hydrogens is 244 g/mol. The van der Waals surface area contributed by atoms with Gasteiger partial charge in [0.15, 0.2) is 0 Å². The van der Waals surface area contributed by atoms with Crippen LogP contribution in [0.1, 0.15) is 25.3 Å². The van der Waals surface area contributed by atoms with Crippen LogP contribution in [0.3, 0.4) is 0 Å².